The fourth-order valence-corrected chi connectivity index (χ4v) is 2.26. The first-order chi connectivity index (χ1) is 10.4. The molecule has 22 heavy (non-hydrogen) atoms. The van der Waals surface area contributed by atoms with E-state index in [1.165, 1.54) is 12.1 Å². The lowest BCUT2D eigenvalue weighted by Crippen LogP contribution is -2.21. The lowest BCUT2D eigenvalue weighted by Gasteiger charge is -2.16. The van der Waals surface area contributed by atoms with Crippen LogP contribution in [-0.4, -0.2) is 5.91 Å². The molecule has 2 aromatic carbocycles. The molecule has 1 N–H and O–H groups in total. The van der Waals surface area contributed by atoms with Crippen LogP contribution in [0.25, 0.3) is 0 Å². The number of amides is 1. The Morgan fingerprint density at radius 2 is 1.77 bits per heavy atom. The van der Waals surface area contributed by atoms with Crippen molar-refractivity contribution in [2.45, 2.75) is 25.4 Å². The number of anilines is 1. The van der Waals surface area contributed by atoms with Crippen molar-refractivity contribution in [1.29, 1.82) is 0 Å². The number of halogens is 3. The summed E-state index contributed by atoms with van der Waals surface area (Å²) in [6.45, 7) is 1.86. The van der Waals surface area contributed by atoms with Crippen LogP contribution in [0.1, 0.15) is 30.4 Å². The number of hydrogen-bond acceptors (Lipinski definition) is 1. The maximum Gasteiger partial charge on any atom is 0.416 e. The molecule has 0 radical (unpaired) electrons. The number of alkyl halides is 3. The predicted octanol–water partition coefficient (Wildman–Crippen LogP) is 4.84. The summed E-state index contributed by atoms with van der Waals surface area (Å²) in [6, 6.07) is 13.8. The summed E-state index contributed by atoms with van der Waals surface area (Å²) in [6.07, 6.45) is -3.86. The first kappa shape index (κ1) is 16.1. The summed E-state index contributed by atoms with van der Waals surface area (Å²) in [7, 11) is 0. The molecule has 0 aliphatic heterocycles. The minimum absolute atomic E-state index is 0.147. The first-order valence-electron chi connectivity index (χ1n) is 6.95. The Kier molecular flexibility index (Phi) is 4.85. The zero-order valence-electron chi connectivity index (χ0n) is 12.0. The maximum absolute atomic E-state index is 12.7. The molecule has 0 aliphatic carbocycles. The van der Waals surface area contributed by atoms with Crippen LogP contribution in [0.2, 0.25) is 0 Å². The van der Waals surface area contributed by atoms with Crippen LogP contribution in [0.3, 0.4) is 0 Å². The predicted molar refractivity (Wildman–Crippen MR) is 79.5 cm³/mol. The lowest BCUT2D eigenvalue weighted by molar-refractivity contribution is -0.137. The van der Waals surface area contributed by atoms with Gasteiger partial charge in [-0.15, -0.1) is 0 Å². The van der Waals surface area contributed by atoms with Crippen LogP contribution >= 0.6 is 0 Å². The van der Waals surface area contributed by atoms with E-state index in [1.807, 2.05) is 37.3 Å². The van der Waals surface area contributed by atoms with Gasteiger partial charge >= 0.3 is 6.18 Å². The smallest absolute Gasteiger partial charge is 0.326 e. The Bertz CT molecular complexity index is 638. The zero-order chi connectivity index (χ0) is 16.2. The second-order valence-corrected chi connectivity index (χ2v) is 4.94. The number of hydrogen-bond donors (Lipinski definition) is 1. The van der Waals surface area contributed by atoms with Crippen molar-refractivity contribution in [1.82, 2.24) is 0 Å². The fourth-order valence-electron chi connectivity index (χ4n) is 2.26. The van der Waals surface area contributed by atoms with E-state index in [4.69, 9.17) is 0 Å². The van der Waals surface area contributed by atoms with Crippen molar-refractivity contribution in [2.75, 3.05) is 5.32 Å². The molecule has 1 amide bonds. The third-order valence-electron chi connectivity index (χ3n) is 3.38. The highest BCUT2D eigenvalue weighted by molar-refractivity contribution is 5.95. The van der Waals surface area contributed by atoms with Crippen LogP contribution in [0, 0.1) is 0 Å². The molecule has 2 nitrogen and oxygen atoms in total. The quantitative estimate of drug-likeness (QED) is 0.860. The fraction of sp³-hybridized carbons (Fsp3) is 0.235. The van der Waals surface area contributed by atoms with Crippen molar-refractivity contribution in [3.63, 3.8) is 0 Å². The molecule has 0 spiro atoms. The molecular formula is C17H16F3NO. The van der Waals surface area contributed by atoms with Gasteiger partial charge in [0.25, 0.3) is 0 Å². The largest absolute Gasteiger partial charge is 0.416 e. The second-order valence-electron chi connectivity index (χ2n) is 4.94. The van der Waals surface area contributed by atoms with Crippen molar-refractivity contribution < 1.29 is 18.0 Å². The van der Waals surface area contributed by atoms with Gasteiger partial charge in [-0.2, -0.15) is 13.2 Å². The standard InChI is InChI=1S/C17H16F3NO/c1-2-15(12-7-4-3-5-8-12)16(22)21-14-10-6-9-13(11-14)17(18,19)20/h3-11,15H,2H2,1H3,(H,21,22)/t15-/m0/s1. The molecule has 5 heteroatoms. The van der Waals surface area contributed by atoms with Gasteiger partial charge in [-0.1, -0.05) is 43.3 Å². The van der Waals surface area contributed by atoms with Crippen molar-refractivity contribution in [2.24, 2.45) is 0 Å². The number of carbonyl (C=O) groups is 1. The van der Waals surface area contributed by atoms with E-state index >= 15 is 0 Å². The SMILES string of the molecule is CC[C@H](C(=O)Nc1cccc(C(F)(F)F)c1)c1ccccc1. The number of carbonyl (C=O) groups excluding carboxylic acids is 1. The highest BCUT2D eigenvalue weighted by Crippen LogP contribution is 2.31. The minimum Gasteiger partial charge on any atom is -0.326 e. The van der Waals surface area contributed by atoms with Crippen molar-refractivity contribution in [3.8, 4) is 0 Å². The van der Waals surface area contributed by atoms with Crippen LogP contribution in [0.4, 0.5) is 18.9 Å². The molecule has 0 heterocycles. The first-order valence-corrected chi connectivity index (χ1v) is 6.95. The van der Waals surface area contributed by atoms with Crippen LogP contribution < -0.4 is 5.32 Å². The molecule has 1 atom stereocenters. The zero-order valence-corrected chi connectivity index (χ0v) is 12.0. The molecule has 0 fully saturated rings. The molecule has 0 saturated carbocycles. The van der Waals surface area contributed by atoms with Crippen molar-refractivity contribution >= 4 is 11.6 Å². The normalized spacial score (nSPS) is 12.7. The Hall–Kier alpha value is -2.30. The summed E-state index contributed by atoms with van der Waals surface area (Å²) in [5.74, 6) is -0.705. The minimum atomic E-state index is -4.43. The van der Waals surface area contributed by atoms with E-state index in [1.54, 1.807) is 0 Å². The molecule has 0 aromatic heterocycles. The monoisotopic (exact) mass is 307 g/mol. The van der Waals surface area contributed by atoms with E-state index in [9.17, 15) is 18.0 Å². The van der Waals surface area contributed by atoms with Gasteiger partial charge in [0, 0.05) is 5.69 Å². The van der Waals surface area contributed by atoms with Gasteiger partial charge in [0.1, 0.15) is 0 Å². The van der Waals surface area contributed by atoms with E-state index in [2.05, 4.69) is 5.32 Å². The Balaban J connectivity index is 2.18. The topological polar surface area (TPSA) is 29.1 Å². The number of rotatable bonds is 4. The van der Waals surface area contributed by atoms with Gasteiger partial charge in [-0.3, -0.25) is 4.79 Å². The molecule has 0 unspecified atom stereocenters. The third-order valence-corrected chi connectivity index (χ3v) is 3.38. The highest BCUT2D eigenvalue weighted by Gasteiger charge is 2.30. The molecule has 116 valence electrons. The number of benzene rings is 2. The molecule has 0 bridgehead atoms. The summed E-state index contributed by atoms with van der Waals surface area (Å²) < 4.78 is 38.0. The Labute approximate surface area is 127 Å². The van der Waals surface area contributed by atoms with Crippen LogP contribution in [-0.2, 0) is 11.0 Å². The highest BCUT2D eigenvalue weighted by atomic mass is 19.4. The average molecular weight is 307 g/mol. The molecule has 0 saturated heterocycles. The summed E-state index contributed by atoms with van der Waals surface area (Å²) >= 11 is 0. The van der Waals surface area contributed by atoms with Gasteiger partial charge in [-0.25, -0.2) is 0 Å². The molecule has 2 rings (SSSR count). The Morgan fingerprint density at radius 3 is 2.36 bits per heavy atom. The molecular weight excluding hydrogens is 291 g/mol. The summed E-state index contributed by atoms with van der Waals surface area (Å²) in [5, 5.41) is 2.56. The average Bonchev–Trinajstić information content (AvgIpc) is 2.48. The lowest BCUT2D eigenvalue weighted by atomic mass is 9.95. The van der Waals surface area contributed by atoms with E-state index in [0.717, 1.165) is 17.7 Å². The van der Waals surface area contributed by atoms with Gasteiger partial charge in [0.05, 0.1) is 11.5 Å². The molecule has 0 aliphatic rings. The molecule has 2 aromatic rings. The second kappa shape index (κ2) is 6.64. The van der Waals surface area contributed by atoms with Gasteiger partial charge in [0.2, 0.25) is 5.91 Å². The summed E-state index contributed by atoms with van der Waals surface area (Å²) in [4.78, 5) is 12.3. The van der Waals surface area contributed by atoms with Crippen LogP contribution in [0.5, 0.6) is 0 Å². The third kappa shape index (κ3) is 3.87. The van der Waals surface area contributed by atoms with Gasteiger partial charge in [-0.05, 0) is 30.2 Å². The number of nitrogens with one attached hydrogen (secondary N) is 1. The Morgan fingerprint density at radius 1 is 1.09 bits per heavy atom. The van der Waals surface area contributed by atoms with Crippen molar-refractivity contribution in [3.05, 3.63) is 65.7 Å². The van der Waals surface area contributed by atoms with E-state index in [-0.39, 0.29) is 11.6 Å². The van der Waals surface area contributed by atoms with Gasteiger partial charge in [0.15, 0.2) is 0 Å². The maximum atomic E-state index is 12.7. The van der Waals surface area contributed by atoms with E-state index < -0.39 is 17.7 Å². The van der Waals surface area contributed by atoms with Crippen LogP contribution in [0.15, 0.2) is 54.6 Å². The van der Waals surface area contributed by atoms with Gasteiger partial charge < -0.3 is 5.32 Å². The summed E-state index contributed by atoms with van der Waals surface area (Å²) in [5.41, 5.74) is 0.210. The van der Waals surface area contributed by atoms with E-state index in [0.29, 0.717) is 6.42 Å².